The van der Waals surface area contributed by atoms with Crippen molar-refractivity contribution in [3.63, 3.8) is 0 Å². The Labute approximate surface area is 107 Å². The molecule has 0 radical (unpaired) electrons. The third-order valence-corrected chi connectivity index (χ3v) is 3.67. The van der Waals surface area contributed by atoms with Gasteiger partial charge in [0.15, 0.2) is 0 Å². The molecule has 94 valence electrons. The lowest BCUT2D eigenvalue weighted by molar-refractivity contribution is -0.385. The number of hydrogen-bond donors (Lipinski definition) is 0. The fourth-order valence-corrected chi connectivity index (χ4v) is 1.72. The maximum absolute atomic E-state index is 10.8. The molecule has 4 heteroatoms. The molecule has 1 unspecified atom stereocenters. The van der Waals surface area contributed by atoms with Gasteiger partial charge in [-0.25, -0.2) is 0 Å². The third-order valence-electron chi connectivity index (χ3n) is 2.80. The number of nitro benzene ring substituents is 1. The zero-order valence-corrected chi connectivity index (χ0v) is 11.2. The summed E-state index contributed by atoms with van der Waals surface area (Å²) in [5.41, 5.74) is 0.961. The molecule has 0 aliphatic carbocycles. The van der Waals surface area contributed by atoms with E-state index in [4.69, 9.17) is 11.6 Å². The van der Waals surface area contributed by atoms with Gasteiger partial charge in [0.2, 0.25) is 0 Å². The number of para-hydroxylation sites is 1. The van der Waals surface area contributed by atoms with Crippen LogP contribution in [0.4, 0.5) is 5.69 Å². The Bertz CT molecular complexity index is 399. The predicted octanol–water partition coefficient (Wildman–Crippen LogP) is 4.18. The van der Waals surface area contributed by atoms with Crippen LogP contribution < -0.4 is 0 Å². The Morgan fingerprint density at radius 2 is 1.94 bits per heavy atom. The van der Waals surface area contributed by atoms with Gasteiger partial charge in [-0.2, -0.15) is 0 Å². The standard InChI is InChI=1S/C13H18ClNO2/c1-13(2,3)12(14)9-8-10-6-4-5-7-11(10)15(16)17/h4-7,12H,8-9H2,1-3H3. The van der Waals surface area contributed by atoms with Gasteiger partial charge in [-0.3, -0.25) is 10.1 Å². The normalized spacial score (nSPS) is 13.4. The quantitative estimate of drug-likeness (QED) is 0.460. The Morgan fingerprint density at radius 3 is 2.47 bits per heavy atom. The molecule has 0 N–H and O–H groups in total. The van der Waals surface area contributed by atoms with Crippen LogP contribution in [-0.4, -0.2) is 10.3 Å². The number of aryl methyl sites for hydroxylation is 1. The van der Waals surface area contributed by atoms with E-state index in [-0.39, 0.29) is 21.4 Å². The van der Waals surface area contributed by atoms with Crippen molar-refractivity contribution < 1.29 is 4.92 Å². The van der Waals surface area contributed by atoms with Gasteiger partial charge in [0, 0.05) is 17.0 Å². The van der Waals surface area contributed by atoms with Gasteiger partial charge in [0.05, 0.1) is 4.92 Å². The number of nitrogens with zero attached hydrogens (tertiary/aromatic N) is 1. The second-order valence-electron chi connectivity index (χ2n) is 5.26. The van der Waals surface area contributed by atoms with Crippen LogP contribution in [0.2, 0.25) is 0 Å². The highest BCUT2D eigenvalue weighted by atomic mass is 35.5. The first-order chi connectivity index (χ1) is 7.82. The maximum atomic E-state index is 10.8. The lowest BCUT2D eigenvalue weighted by Gasteiger charge is -2.24. The summed E-state index contributed by atoms with van der Waals surface area (Å²) in [4.78, 5) is 10.5. The smallest absolute Gasteiger partial charge is 0.258 e. The molecule has 1 rings (SSSR count). The highest BCUT2D eigenvalue weighted by Crippen LogP contribution is 2.29. The molecule has 0 aliphatic heterocycles. The largest absolute Gasteiger partial charge is 0.272 e. The molecule has 0 aromatic heterocycles. The summed E-state index contributed by atoms with van der Waals surface area (Å²) in [6, 6.07) is 6.84. The van der Waals surface area contributed by atoms with Gasteiger partial charge >= 0.3 is 0 Å². The molecule has 0 heterocycles. The summed E-state index contributed by atoms with van der Waals surface area (Å²) >= 11 is 6.27. The molecule has 0 amide bonds. The lowest BCUT2D eigenvalue weighted by atomic mass is 9.88. The molecule has 1 aromatic rings. The summed E-state index contributed by atoms with van der Waals surface area (Å²) in [7, 11) is 0. The molecular formula is C13H18ClNO2. The second kappa shape index (κ2) is 5.50. The average molecular weight is 256 g/mol. The van der Waals surface area contributed by atoms with E-state index in [9.17, 15) is 10.1 Å². The molecule has 0 aliphatic rings. The summed E-state index contributed by atoms with van der Waals surface area (Å²) in [5.74, 6) is 0. The average Bonchev–Trinajstić information content (AvgIpc) is 2.24. The summed E-state index contributed by atoms with van der Waals surface area (Å²) in [6.07, 6.45) is 1.39. The SMILES string of the molecule is CC(C)(C)C(Cl)CCc1ccccc1[N+](=O)[O-]. The van der Waals surface area contributed by atoms with Crippen LogP contribution in [0.3, 0.4) is 0 Å². The van der Waals surface area contributed by atoms with Crippen LogP contribution in [0.25, 0.3) is 0 Å². The van der Waals surface area contributed by atoms with E-state index in [1.54, 1.807) is 12.1 Å². The van der Waals surface area contributed by atoms with Gasteiger partial charge < -0.3 is 0 Å². The van der Waals surface area contributed by atoms with E-state index in [2.05, 4.69) is 20.8 Å². The summed E-state index contributed by atoms with van der Waals surface area (Å²) in [6.45, 7) is 6.22. The zero-order valence-electron chi connectivity index (χ0n) is 10.4. The molecule has 0 spiro atoms. The van der Waals surface area contributed by atoms with Crippen molar-refractivity contribution in [2.24, 2.45) is 5.41 Å². The van der Waals surface area contributed by atoms with Crippen LogP contribution in [0, 0.1) is 15.5 Å². The molecule has 0 fully saturated rings. The van der Waals surface area contributed by atoms with E-state index >= 15 is 0 Å². The molecule has 1 atom stereocenters. The molecule has 0 saturated carbocycles. The first kappa shape index (κ1) is 14.0. The molecular weight excluding hydrogens is 238 g/mol. The predicted molar refractivity (Wildman–Crippen MR) is 70.5 cm³/mol. The Balaban J connectivity index is 2.73. The lowest BCUT2D eigenvalue weighted by Crippen LogP contribution is -2.21. The van der Waals surface area contributed by atoms with Gasteiger partial charge in [-0.1, -0.05) is 39.0 Å². The van der Waals surface area contributed by atoms with Crippen molar-refractivity contribution in [3.8, 4) is 0 Å². The first-order valence-electron chi connectivity index (χ1n) is 5.68. The number of nitro groups is 1. The molecule has 3 nitrogen and oxygen atoms in total. The molecule has 1 aromatic carbocycles. The highest BCUT2D eigenvalue weighted by molar-refractivity contribution is 6.21. The van der Waals surface area contributed by atoms with Crippen LogP contribution in [-0.2, 0) is 6.42 Å². The Kier molecular flexibility index (Phi) is 4.52. The Morgan fingerprint density at radius 1 is 1.35 bits per heavy atom. The van der Waals surface area contributed by atoms with Crippen molar-refractivity contribution in [1.82, 2.24) is 0 Å². The van der Waals surface area contributed by atoms with Gasteiger partial charge in [0.25, 0.3) is 5.69 Å². The third kappa shape index (κ3) is 4.00. The van der Waals surface area contributed by atoms with Crippen LogP contribution in [0.1, 0.15) is 32.8 Å². The van der Waals surface area contributed by atoms with E-state index in [0.29, 0.717) is 6.42 Å². The highest BCUT2D eigenvalue weighted by Gasteiger charge is 2.23. The van der Waals surface area contributed by atoms with Crippen LogP contribution in [0.5, 0.6) is 0 Å². The minimum Gasteiger partial charge on any atom is -0.258 e. The number of halogens is 1. The van der Waals surface area contributed by atoms with Crippen molar-refractivity contribution in [2.75, 3.05) is 0 Å². The van der Waals surface area contributed by atoms with Crippen molar-refractivity contribution in [3.05, 3.63) is 39.9 Å². The topological polar surface area (TPSA) is 43.1 Å². The number of alkyl halides is 1. The minimum atomic E-state index is -0.338. The first-order valence-corrected chi connectivity index (χ1v) is 6.12. The zero-order chi connectivity index (χ0) is 13.1. The van der Waals surface area contributed by atoms with E-state index in [1.807, 2.05) is 6.07 Å². The van der Waals surface area contributed by atoms with E-state index in [1.165, 1.54) is 6.07 Å². The van der Waals surface area contributed by atoms with Crippen LogP contribution in [0.15, 0.2) is 24.3 Å². The van der Waals surface area contributed by atoms with Crippen molar-refractivity contribution in [1.29, 1.82) is 0 Å². The maximum Gasteiger partial charge on any atom is 0.272 e. The van der Waals surface area contributed by atoms with E-state index in [0.717, 1.165) is 12.0 Å². The molecule has 17 heavy (non-hydrogen) atoms. The van der Waals surface area contributed by atoms with Crippen LogP contribution >= 0.6 is 11.6 Å². The Hall–Kier alpha value is -1.09. The fourth-order valence-electron chi connectivity index (χ4n) is 1.62. The number of benzene rings is 1. The minimum absolute atomic E-state index is 0.0160. The second-order valence-corrected chi connectivity index (χ2v) is 5.78. The van der Waals surface area contributed by atoms with E-state index < -0.39 is 0 Å². The summed E-state index contributed by atoms with van der Waals surface area (Å²) < 4.78 is 0. The molecule has 0 saturated heterocycles. The number of rotatable bonds is 4. The number of hydrogen-bond acceptors (Lipinski definition) is 2. The van der Waals surface area contributed by atoms with Gasteiger partial charge in [0.1, 0.15) is 0 Å². The summed E-state index contributed by atoms with van der Waals surface area (Å²) in [5, 5.41) is 10.9. The van der Waals surface area contributed by atoms with Crippen molar-refractivity contribution >= 4 is 17.3 Å². The van der Waals surface area contributed by atoms with Gasteiger partial charge in [-0.05, 0) is 18.3 Å². The fraction of sp³-hybridized carbons (Fsp3) is 0.538. The molecule has 0 bridgehead atoms. The van der Waals surface area contributed by atoms with Crippen molar-refractivity contribution in [2.45, 2.75) is 39.0 Å². The monoisotopic (exact) mass is 255 g/mol. The van der Waals surface area contributed by atoms with Gasteiger partial charge in [-0.15, -0.1) is 11.6 Å².